The van der Waals surface area contributed by atoms with Crippen LogP contribution in [-0.2, 0) is 10.3 Å². The van der Waals surface area contributed by atoms with E-state index in [1.807, 2.05) is 16.8 Å². The number of hydrogen-bond acceptors (Lipinski definition) is 3. The summed E-state index contributed by atoms with van der Waals surface area (Å²) >= 11 is 6.04. The molecule has 0 saturated heterocycles. The number of benzene rings is 1. The highest BCUT2D eigenvalue weighted by Gasteiger charge is 2.61. The molecule has 6 heteroatoms. The van der Waals surface area contributed by atoms with Gasteiger partial charge in [-0.1, -0.05) is 32.0 Å². The Morgan fingerprint density at radius 3 is 2.66 bits per heavy atom. The van der Waals surface area contributed by atoms with Gasteiger partial charge < -0.3 is 5.32 Å². The van der Waals surface area contributed by atoms with Crippen molar-refractivity contribution in [1.29, 1.82) is 0 Å². The number of aromatic nitrogens is 3. The lowest BCUT2D eigenvalue weighted by Gasteiger charge is -2.60. The Labute approximate surface area is 177 Å². The average molecular weight is 413 g/mol. The topological polar surface area (TPSA) is 59.8 Å². The Kier molecular flexibility index (Phi) is 4.50. The van der Waals surface area contributed by atoms with Crippen LogP contribution < -0.4 is 5.32 Å². The molecule has 6 rings (SSSR count). The third-order valence-corrected chi connectivity index (χ3v) is 7.99. The molecule has 4 aliphatic rings. The second kappa shape index (κ2) is 6.83. The van der Waals surface area contributed by atoms with Crippen LogP contribution in [0.1, 0.15) is 70.3 Å². The van der Waals surface area contributed by atoms with E-state index >= 15 is 0 Å². The van der Waals surface area contributed by atoms with Crippen molar-refractivity contribution in [3.8, 4) is 0 Å². The molecule has 0 radical (unpaired) electrons. The Balaban J connectivity index is 1.46. The van der Waals surface area contributed by atoms with E-state index in [1.54, 1.807) is 6.33 Å². The van der Waals surface area contributed by atoms with Crippen LogP contribution in [0, 0.1) is 17.3 Å². The number of nitrogens with one attached hydrogen (secondary N) is 1. The quantitative estimate of drug-likeness (QED) is 0.717. The van der Waals surface area contributed by atoms with Crippen molar-refractivity contribution in [2.24, 2.45) is 17.3 Å². The third-order valence-electron chi connectivity index (χ3n) is 7.81. The zero-order chi connectivity index (χ0) is 20.2. The molecule has 0 aliphatic heterocycles. The number of rotatable bonds is 5. The molecule has 1 heterocycles. The molecular weight excluding hydrogens is 384 g/mol. The third kappa shape index (κ3) is 3.09. The summed E-state index contributed by atoms with van der Waals surface area (Å²) in [6.45, 7) is 4.41. The Bertz CT molecular complexity index is 924. The van der Waals surface area contributed by atoms with Crippen LogP contribution in [-0.4, -0.2) is 20.7 Å². The predicted octanol–water partition coefficient (Wildman–Crippen LogP) is 5.38. The van der Waals surface area contributed by atoms with E-state index in [2.05, 4.69) is 41.4 Å². The molecule has 4 fully saturated rings. The number of nitrogens with zero attached hydrogens (tertiary/aromatic N) is 3. The van der Waals surface area contributed by atoms with Crippen molar-refractivity contribution in [2.75, 3.05) is 5.32 Å². The lowest BCUT2D eigenvalue weighted by molar-refractivity contribution is -0.150. The van der Waals surface area contributed by atoms with Gasteiger partial charge in [-0.25, -0.2) is 9.67 Å². The van der Waals surface area contributed by atoms with Crippen molar-refractivity contribution >= 4 is 23.2 Å². The van der Waals surface area contributed by atoms with Crippen molar-refractivity contribution in [3.63, 3.8) is 0 Å². The summed E-state index contributed by atoms with van der Waals surface area (Å²) in [7, 11) is 0. The van der Waals surface area contributed by atoms with Gasteiger partial charge in [-0.3, -0.25) is 4.79 Å². The van der Waals surface area contributed by atoms with E-state index in [-0.39, 0.29) is 16.9 Å². The average Bonchev–Trinajstić information content (AvgIpc) is 3.14. The van der Waals surface area contributed by atoms with Crippen molar-refractivity contribution < 1.29 is 4.79 Å². The summed E-state index contributed by atoms with van der Waals surface area (Å²) in [4.78, 5) is 17.9. The molecule has 3 atom stereocenters. The summed E-state index contributed by atoms with van der Waals surface area (Å²) < 4.78 is 1.97. The maximum Gasteiger partial charge on any atom is 0.242 e. The Morgan fingerprint density at radius 2 is 2.00 bits per heavy atom. The maximum absolute atomic E-state index is 13.7. The number of anilines is 1. The fourth-order valence-electron chi connectivity index (χ4n) is 6.73. The summed E-state index contributed by atoms with van der Waals surface area (Å²) in [5.41, 5.74) is 1.77. The normalized spacial score (nSPS) is 33.6. The monoisotopic (exact) mass is 412 g/mol. The minimum atomic E-state index is -0.314. The van der Waals surface area contributed by atoms with Crippen molar-refractivity contribution in [2.45, 2.75) is 70.3 Å². The van der Waals surface area contributed by atoms with Crippen LogP contribution >= 0.6 is 11.6 Å². The van der Waals surface area contributed by atoms with Crippen LogP contribution in [0.4, 0.5) is 5.69 Å². The first-order valence-corrected chi connectivity index (χ1v) is 11.3. The zero-order valence-electron chi connectivity index (χ0n) is 17.2. The molecule has 1 N–H and O–H groups in total. The molecule has 154 valence electrons. The molecule has 1 amide bonds. The summed E-state index contributed by atoms with van der Waals surface area (Å²) in [6.07, 6.45) is 9.05. The number of carbonyl (C=O) groups is 1. The second-order valence-electron chi connectivity index (χ2n) is 9.77. The number of halogens is 1. The van der Waals surface area contributed by atoms with Gasteiger partial charge in [-0.2, -0.15) is 0 Å². The number of carbonyl (C=O) groups excluding carboxylic acids is 1. The standard InChI is InChI=1S/C23H29ClN4O/c1-3-15(2)18-6-4-5-7-19(18)26-20(29)22-9-16-8-17(10-22)12-23(11-16,13-22)28-14-25-21(24)27-28/h4-7,14-17H,3,8-13H2,1-2H3,(H,26,29). The van der Waals surface area contributed by atoms with Crippen molar-refractivity contribution in [1.82, 2.24) is 14.8 Å². The zero-order valence-corrected chi connectivity index (χ0v) is 18.0. The van der Waals surface area contributed by atoms with E-state index in [0.717, 1.165) is 44.2 Å². The highest BCUT2D eigenvalue weighted by atomic mass is 35.5. The van der Waals surface area contributed by atoms with Crippen LogP contribution in [0.2, 0.25) is 5.28 Å². The molecule has 4 saturated carbocycles. The van der Waals surface area contributed by atoms with Gasteiger partial charge in [0.2, 0.25) is 11.2 Å². The van der Waals surface area contributed by atoms with E-state index < -0.39 is 0 Å². The minimum absolute atomic E-state index is 0.113. The molecule has 0 spiro atoms. The predicted molar refractivity (Wildman–Crippen MR) is 114 cm³/mol. The van der Waals surface area contributed by atoms with Gasteiger partial charge in [0.1, 0.15) is 6.33 Å². The molecule has 1 aromatic carbocycles. The largest absolute Gasteiger partial charge is 0.325 e. The van der Waals surface area contributed by atoms with Gasteiger partial charge >= 0.3 is 0 Å². The highest BCUT2D eigenvalue weighted by molar-refractivity contribution is 6.28. The number of hydrogen-bond donors (Lipinski definition) is 1. The summed E-state index contributed by atoms with van der Waals surface area (Å²) in [5, 5.41) is 8.10. The summed E-state index contributed by atoms with van der Waals surface area (Å²) in [6, 6.07) is 8.26. The molecular formula is C23H29ClN4O. The van der Waals surface area contributed by atoms with Gasteiger partial charge in [0.15, 0.2) is 0 Å². The van der Waals surface area contributed by atoms with Crippen LogP contribution in [0.5, 0.6) is 0 Å². The molecule has 5 nitrogen and oxygen atoms in total. The number of para-hydroxylation sites is 1. The number of amides is 1. The first kappa shape index (κ1) is 19.1. The molecule has 2 aromatic rings. The van der Waals surface area contributed by atoms with Crippen LogP contribution in [0.3, 0.4) is 0 Å². The molecule has 4 aliphatic carbocycles. The summed E-state index contributed by atoms with van der Waals surface area (Å²) in [5.74, 6) is 1.77. The van der Waals surface area contributed by atoms with Gasteiger partial charge in [0, 0.05) is 5.69 Å². The fourth-order valence-corrected chi connectivity index (χ4v) is 6.86. The second-order valence-corrected chi connectivity index (χ2v) is 10.1. The molecule has 4 bridgehead atoms. The van der Waals surface area contributed by atoms with E-state index in [1.165, 1.54) is 12.0 Å². The fraction of sp³-hybridized carbons (Fsp3) is 0.609. The van der Waals surface area contributed by atoms with Crippen molar-refractivity contribution in [3.05, 3.63) is 41.4 Å². The van der Waals surface area contributed by atoms with E-state index in [4.69, 9.17) is 11.6 Å². The minimum Gasteiger partial charge on any atom is -0.325 e. The molecule has 3 unspecified atom stereocenters. The van der Waals surface area contributed by atoms with Gasteiger partial charge in [0.25, 0.3) is 0 Å². The van der Waals surface area contributed by atoms with Crippen LogP contribution in [0.15, 0.2) is 30.6 Å². The van der Waals surface area contributed by atoms with Gasteiger partial charge in [0.05, 0.1) is 11.0 Å². The first-order chi connectivity index (χ1) is 13.9. The SMILES string of the molecule is CCC(C)c1ccccc1NC(=O)C12CC3CC(C1)CC(n1cnc(Cl)n1)(C3)C2. The first-order valence-electron chi connectivity index (χ1n) is 10.9. The van der Waals surface area contributed by atoms with E-state index in [0.29, 0.717) is 23.0 Å². The highest BCUT2D eigenvalue weighted by Crippen LogP contribution is 2.64. The Hall–Kier alpha value is -1.88. The van der Waals surface area contributed by atoms with Gasteiger partial charge in [-0.15, -0.1) is 5.10 Å². The lowest BCUT2D eigenvalue weighted by Crippen LogP contribution is -2.60. The molecule has 29 heavy (non-hydrogen) atoms. The smallest absolute Gasteiger partial charge is 0.242 e. The van der Waals surface area contributed by atoms with E-state index in [9.17, 15) is 4.79 Å². The maximum atomic E-state index is 13.7. The lowest BCUT2D eigenvalue weighted by atomic mass is 9.46. The van der Waals surface area contributed by atoms with Crippen LogP contribution in [0.25, 0.3) is 0 Å². The van der Waals surface area contributed by atoms with Gasteiger partial charge in [-0.05, 0) is 85.9 Å². The molecule has 1 aromatic heterocycles. The Morgan fingerprint density at radius 1 is 1.28 bits per heavy atom.